The lowest BCUT2D eigenvalue weighted by Gasteiger charge is -2.38. The van der Waals surface area contributed by atoms with Crippen molar-refractivity contribution < 1.29 is 58.5 Å². The maximum atomic E-state index is 13.2. The molecule has 2 heterocycles. The van der Waals surface area contributed by atoms with Gasteiger partial charge in [0, 0.05) is 13.1 Å². The Labute approximate surface area is 297 Å². The van der Waals surface area contributed by atoms with Gasteiger partial charge in [-0.15, -0.1) is 5.10 Å². The maximum absolute atomic E-state index is 13.2. The predicted molar refractivity (Wildman–Crippen MR) is 184 cm³/mol. The van der Waals surface area contributed by atoms with Gasteiger partial charge in [0.15, 0.2) is 6.10 Å². The van der Waals surface area contributed by atoms with Gasteiger partial charge in [-0.25, -0.2) is 4.79 Å². The minimum atomic E-state index is -1.91. The molecule has 0 bridgehead atoms. The van der Waals surface area contributed by atoms with Gasteiger partial charge >= 0.3 is 5.97 Å². The van der Waals surface area contributed by atoms with Crippen LogP contribution in [0.4, 0.5) is 4.79 Å². The number of aliphatic carboxylic acids is 1. The van der Waals surface area contributed by atoms with E-state index in [9.17, 15) is 34.8 Å². The fourth-order valence-electron chi connectivity index (χ4n) is 5.14. The third kappa shape index (κ3) is 13.8. The first-order valence-electron chi connectivity index (χ1n) is 16.9. The lowest BCUT2D eigenvalue weighted by Crippen LogP contribution is -2.61. The first-order chi connectivity index (χ1) is 24.4. The average Bonchev–Trinajstić information content (AvgIpc) is 3.54. The summed E-state index contributed by atoms with van der Waals surface area (Å²) in [5.41, 5.74) is 3.81. The standard InChI is InChI=1S/C34H49BN4O12/c1-4-7-21(2)8-5-9-22(3)10-6-14-39-17-24(37-38-39)19-48-20-47-15-13-36-31(43)25-16-23(18-49-34(35)46)11-12-26(25)50-33-29(42)27(40)28(41)30(51-33)32(44)45/h7,9,11-12,16-17,27-30,33,40-42H,4-6,8,10,13-15,18-20,35H2,1-3H3,(H,36,43)(H,44,45)/b21-7+,22-9+/t27-,28-,29+,30-,33+/m0/s1. The summed E-state index contributed by atoms with van der Waals surface area (Å²) in [5, 5.41) is 50.7. The number of amides is 1. The smallest absolute Gasteiger partial charge is 0.335 e. The number of carboxylic acid groups (broad SMARTS) is 1. The molecule has 17 heteroatoms. The van der Waals surface area contributed by atoms with Crippen LogP contribution in [0.3, 0.4) is 0 Å². The van der Waals surface area contributed by atoms with E-state index in [1.165, 1.54) is 37.2 Å². The van der Waals surface area contributed by atoms with Crippen LogP contribution in [0.1, 0.15) is 74.5 Å². The first kappa shape index (κ1) is 41.3. The minimum Gasteiger partial charge on any atom is -0.479 e. The maximum Gasteiger partial charge on any atom is 0.335 e. The van der Waals surface area contributed by atoms with Crippen LogP contribution in [-0.4, -0.2) is 112 Å². The summed E-state index contributed by atoms with van der Waals surface area (Å²) in [6.07, 6.45) is 2.25. The summed E-state index contributed by atoms with van der Waals surface area (Å²) in [4.78, 5) is 35.9. The van der Waals surface area contributed by atoms with Crippen LogP contribution in [-0.2, 0) is 43.5 Å². The van der Waals surface area contributed by atoms with Crippen molar-refractivity contribution >= 4 is 25.6 Å². The monoisotopic (exact) mass is 716 g/mol. The molecule has 0 saturated carbocycles. The van der Waals surface area contributed by atoms with Gasteiger partial charge in [-0.1, -0.05) is 41.5 Å². The third-order valence-corrected chi connectivity index (χ3v) is 7.86. The van der Waals surface area contributed by atoms with E-state index in [2.05, 4.69) is 48.6 Å². The Hall–Kier alpha value is -4.13. The molecule has 51 heavy (non-hydrogen) atoms. The summed E-state index contributed by atoms with van der Waals surface area (Å²) < 4.78 is 28.6. The van der Waals surface area contributed by atoms with Crippen molar-refractivity contribution in [2.24, 2.45) is 0 Å². The Morgan fingerprint density at radius 3 is 2.53 bits per heavy atom. The fraction of sp³-hybridized carbons (Fsp3) is 0.559. The summed E-state index contributed by atoms with van der Waals surface area (Å²) >= 11 is 0. The number of nitrogens with one attached hydrogen (secondary N) is 1. The molecule has 5 atom stereocenters. The van der Waals surface area contributed by atoms with Gasteiger partial charge in [-0.3, -0.25) is 14.3 Å². The van der Waals surface area contributed by atoms with Crippen LogP contribution in [0.15, 0.2) is 47.7 Å². The van der Waals surface area contributed by atoms with Gasteiger partial charge in [0.05, 0.1) is 25.0 Å². The lowest BCUT2D eigenvalue weighted by atomic mass is 9.99. The number of carbonyl (C=O) groups excluding carboxylic acids is 2. The Balaban J connectivity index is 1.44. The first-order valence-corrected chi connectivity index (χ1v) is 16.9. The number of aliphatic hydroxyl groups excluding tert-OH is 3. The summed E-state index contributed by atoms with van der Waals surface area (Å²) in [5.74, 6) is -2.89. The molecule has 1 aromatic carbocycles. The van der Waals surface area contributed by atoms with Crippen LogP contribution in [0, 0.1) is 0 Å². The Morgan fingerprint density at radius 1 is 1.04 bits per heavy atom. The van der Waals surface area contributed by atoms with Gasteiger partial charge in [0.25, 0.3) is 5.91 Å². The summed E-state index contributed by atoms with van der Waals surface area (Å²) in [6.45, 7) is 7.33. The molecular formula is C34H49BN4O12. The lowest BCUT2D eigenvalue weighted by molar-refractivity contribution is -0.271. The van der Waals surface area contributed by atoms with Crippen LogP contribution in [0.5, 0.6) is 5.75 Å². The van der Waals surface area contributed by atoms with E-state index in [0.717, 1.165) is 38.6 Å². The number of allylic oxidation sites excluding steroid dienone is 4. The van der Waals surface area contributed by atoms with E-state index < -0.39 is 48.5 Å². The second-order valence-corrected chi connectivity index (χ2v) is 12.2. The normalized spacial score (nSPS) is 20.9. The van der Waals surface area contributed by atoms with Gasteiger partial charge in [-0.05, 0) is 63.6 Å². The highest BCUT2D eigenvalue weighted by Gasteiger charge is 2.48. The zero-order valence-corrected chi connectivity index (χ0v) is 29.5. The molecule has 1 aliphatic rings. The van der Waals surface area contributed by atoms with Crippen LogP contribution in [0.25, 0.3) is 0 Å². The number of benzene rings is 1. The molecule has 1 aliphatic heterocycles. The molecule has 3 rings (SSSR count). The highest BCUT2D eigenvalue weighted by molar-refractivity contribution is 6.55. The Kier molecular flexibility index (Phi) is 17.2. The van der Waals surface area contributed by atoms with E-state index in [-0.39, 0.29) is 44.5 Å². The fourth-order valence-corrected chi connectivity index (χ4v) is 5.14. The van der Waals surface area contributed by atoms with Crippen molar-refractivity contribution in [3.05, 3.63) is 64.5 Å². The van der Waals surface area contributed by atoms with Crippen molar-refractivity contribution in [3.63, 3.8) is 0 Å². The predicted octanol–water partition coefficient (Wildman–Crippen LogP) is 1.60. The molecule has 0 aliphatic carbocycles. The zero-order chi connectivity index (χ0) is 37.3. The largest absolute Gasteiger partial charge is 0.479 e. The Morgan fingerprint density at radius 2 is 1.80 bits per heavy atom. The zero-order valence-electron chi connectivity index (χ0n) is 29.5. The molecular weight excluding hydrogens is 667 g/mol. The number of hydrogen-bond donors (Lipinski definition) is 5. The number of aryl methyl sites for hydroxylation is 1. The van der Waals surface area contributed by atoms with Crippen LogP contribution < -0.4 is 10.1 Å². The molecule has 1 aromatic heterocycles. The third-order valence-electron chi connectivity index (χ3n) is 7.86. The van der Waals surface area contributed by atoms with Crippen molar-refractivity contribution in [3.8, 4) is 5.75 Å². The SMILES string of the molecule is BC(=O)OCc1ccc(O[C@@H]2O[C@H](C(=O)O)[C@@H](O)[C@H](O)[C@H]2O)c(C(=O)NCCOCOCc2cn(CCC/C(C)=C/CC/C(C)=C/CC)nn2)c1. The van der Waals surface area contributed by atoms with Gasteiger partial charge in [0.1, 0.15) is 43.2 Å². The molecule has 280 valence electrons. The van der Waals surface area contributed by atoms with E-state index >= 15 is 0 Å². The second kappa shape index (κ2) is 21.3. The van der Waals surface area contributed by atoms with Gasteiger partial charge in [-0.2, -0.15) is 0 Å². The van der Waals surface area contributed by atoms with E-state index in [4.69, 9.17) is 23.7 Å². The number of aliphatic hydroxyl groups is 3. The number of carboxylic acids is 1. The van der Waals surface area contributed by atoms with Gasteiger partial charge in [0.2, 0.25) is 20.0 Å². The van der Waals surface area contributed by atoms with Crippen LogP contribution >= 0.6 is 0 Å². The van der Waals surface area contributed by atoms with E-state index in [1.807, 2.05) is 6.20 Å². The highest BCUT2D eigenvalue weighted by Crippen LogP contribution is 2.28. The van der Waals surface area contributed by atoms with Crippen LogP contribution in [0.2, 0.25) is 0 Å². The minimum absolute atomic E-state index is 0.0590. The molecule has 1 fully saturated rings. The Bertz CT molecular complexity index is 1500. The molecule has 0 spiro atoms. The number of ether oxygens (including phenoxy) is 5. The number of hydrogen-bond acceptors (Lipinski definition) is 13. The number of carbonyl (C=O) groups is 3. The van der Waals surface area contributed by atoms with Crippen molar-refractivity contribution in [1.82, 2.24) is 20.3 Å². The summed E-state index contributed by atoms with van der Waals surface area (Å²) in [7, 11) is 1.23. The van der Waals surface area contributed by atoms with E-state index in [1.54, 1.807) is 4.68 Å². The molecule has 0 radical (unpaired) electrons. The number of nitrogens with zero attached hydrogens (tertiary/aromatic N) is 3. The second-order valence-electron chi connectivity index (χ2n) is 12.2. The highest BCUT2D eigenvalue weighted by atomic mass is 16.7. The quantitative estimate of drug-likeness (QED) is 0.0536. The molecule has 16 nitrogen and oxygen atoms in total. The van der Waals surface area contributed by atoms with Crippen molar-refractivity contribution in [2.75, 3.05) is 19.9 Å². The molecule has 1 saturated heterocycles. The van der Waals surface area contributed by atoms with E-state index in [0.29, 0.717) is 11.3 Å². The molecule has 5 N–H and O–H groups in total. The topological polar surface area (TPSA) is 221 Å². The number of aromatic nitrogens is 3. The summed E-state index contributed by atoms with van der Waals surface area (Å²) in [6, 6.07) is 4.20. The van der Waals surface area contributed by atoms with Crippen molar-refractivity contribution in [2.45, 2.75) is 103 Å². The molecule has 1 amide bonds. The number of rotatable bonds is 21. The average molecular weight is 717 g/mol. The molecule has 0 unspecified atom stereocenters. The van der Waals surface area contributed by atoms with Crippen molar-refractivity contribution in [1.29, 1.82) is 0 Å². The van der Waals surface area contributed by atoms with Gasteiger partial charge < -0.3 is 49.4 Å². The molecule has 2 aromatic rings.